The zero-order valence-electron chi connectivity index (χ0n) is 6.55. The van der Waals surface area contributed by atoms with Gasteiger partial charge < -0.3 is 10.8 Å². The van der Waals surface area contributed by atoms with Crippen molar-refractivity contribution in [2.45, 2.75) is 17.7 Å². The lowest BCUT2D eigenvalue weighted by molar-refractivity contribution is 0.260. The van der Waals surface area contributed by atoms with Crippen molar-refractivity contribution in [2.24, 2.45) is 5.73 Å². The second kappa shape index (κ2) is 4.81. The SMILES string of the molecule is N[C@H](CO)C[C@@H](S)c1cncs1. The fraction of sp³-hybridized carbons (Fsp3) is 0.571. The van der Waals surface area contributed by atoms with Gasteiger partial charge in [0.2, 0.25) is 0 Å². The van der Waals surface area contributed by atoms with Crippen LogP contribution in [0.3, 0.4) is 0 Å². The minimum atomic E-state index is -0.186. The molecule has 3 nitrogen and oxygen atoms in total. The fourth-order valence-electron chi connectivity index (χ4n) is 0.868. The van der Waals surface area contributed by atoms with E-state index < -0.39 is 0 Å². The number of aliphatic hydroxyl groups is 1. The Morgan fingerprint density at radius 2 is 2.50 bits per heavy atom. The number of nitrogens with zero attached hydrogens (tertiary/aromatic N) is 1. The van der Waals surface area contributed by atoms with Crippen molar-refractivity contribution >= 4 is 24.0 Å². The predicted octanol–water partition coefficient (Wildman–Crippen LogP) is 0.824. The van der Waals surface area contributed by atoms with Crippen LogP contribution in [0, 0.1) is 0 Å². The number of rotatable bonds is 4. The van der Waals surface area contributed by atoms with Gasteiger partial charge in [-0.25, -0.2) is 0 Å². The molecular weight excluding hydrogens is 192 g/mol. The van der Waals surface area contributed by atoms with Crippen LogP contribution in [0.4, 0.5) is 0 Å². The van der Waals surface area contributed by atoms with Gasteiger partial charge in [0, 0.05) is 22.4 Å². The van der Waals surface area contributed by atoms with Crippen LogP contribution in [0.2, 0.25) is 0 Å². The van der Waals surface area contributed by atoms with Crippen LogP contribution < -0.4 is 5.73 Å². The lowest BCUT2D eigenvalue weighted by atomic mass is 10.1. The summed E-state index contributed by atoms with van der Waals surface area (Å²) in [5, 5.41) is 8.81. The molecule has 68 valence electrons. The van der Waals surface area contributed by atoms with Crippen molar-refractivity contribution < 1.29 is 5.11 Å². The third-order valence-corrected chi connectivity index (χ3v) is 3.09. The maximum absolute atomic E-state index is 8.71. The summed E-state index contributed by atoms with van der Waals surface area (Å²) in [6.45, 7) is 0.00979. The first kappa shape index (κ1) is 9.98. The van der Waals surface area contributed by atoms with Crippen LogP contribution in [0.25, 0.3) is 0 Å². The zero-order chi connectivity index (χ0) is 8.97. The first-order valence-electron chi connectivity index (χ1n) is 3.67. The Labute approximate surface area is 81.0 Å². The smallest absolute Gasteiger partial charge is 0.0794 e. The maximum atomic E-state index is 8.71. The van der Waals surface area contributed by atoms with E-state index in [0.29, 0.717) is 6.42 Å². The van der Waals surface area contributed by atoms with Crippen LogP contribution in [-0.4, -0.2) is 22.7 Å². The number of aromatic nitrogens is 1. The van der Waals surface area contributed by atoms with Gasteiger partial charge in [-0.1, -0.05) is 0 Å². The van der Waals surface area contributed by atoms with Crippen molar-refractivity contribution in [1.82, 2.24) is 4.98 Å². The number of aliphatic hydroxyl groups excluding tert-OH is 1. The highest BCUT2D eigenvalue weighted by Crippen LogP contribution is 2.27. The van der Waals surface area contributed by atoms with E-state index in [2.05, 4.69) is 17.6 Å². The zero-order valence-corrected chi connectivity index (χ0v) is 8.26. The molecule has 1 heterocycles. The van der Waals surface area contributed by atoms with Crippen LogP contribution in [-0.2, 0) is 0 Å². The second-order valence-electron chi connectivity index (χ2n) is 2.60. The van der Waals surface area contributed by atoms with Gasteiger partial charge in [0.25, 0.3) is 0 Å². The van der Waals surface area contributed by atoms with Gasteiger partial charge in [0.1, 0.15) is 0 Å². The molecule has 12 heavy (non-hydrogen) atoms. The Balaban J connectivity index is 2.44. The van der Waals surface area contributed by atoms with E-state index in [0.717, 1.165) is 4.88 Å². The van der Waals surface area contributed by atoms with Gasteiger partial charge >= 0.3 is 0 Å². The van der Waals surface area contributed by atoms with E-state index in [-0.39, 0.29) is 17.9 Å². The summed E-state index contributed by atoms with van der Waals surface area (Å²) in [6, 6.07) is -0.186. The predicted molar refractivity (Wildman–Crippen MR) is 53.5 cm³/mol. The summed E-state index contributed by atoms with van der Waals surface area (Å²) < 4.78 is 0. The molecule has 0 aromatic carbocycles. The Hall–Kier alpha value is -0.100. The molecular formula is C7H12N2OS2. The summed E-state index contributed by atoms with van der Waals surface area (Å²) >= 11 is 5.92. The topological polar surface area (TPSA) is 59.1 Å². The van der Waals surface area contributed by atoms with Crippen LogP contribution >= 0.6 is 24.0 Å². The molecule has 1 rings (SSSR count). The molecule has 0 unspecified atom stereocenters. The average Bonchev–Trinajstić information content (AvgIpc) is 2.56. The summed E-state index contributed by atoms with van der Waals surface area (Å²) in [5.74, 6) is 0. The first-order chi connectivity index (χ1) is 5.74. The van der Waals surface area contributed by atoms with Gasteiger partial charge in [-0.3, -0.25) is 4.98 Å². The molecule has 0 aliphatic heterocycles. The van der Waals surface area contributed by atoms with E-state index in [1.165, 1.54) is 0 Å². The van der Waals surface area contributed by atoms with Crippen LogP contribution in [0.5, 0.6) is 0 Å². The molecule has 0 amide bonds. The standard InChI is InChI=1S/C7H12N2OS2/c8-5(3-10)1-6(11)7-2-9-4-12-7/h2,4-6,10-11H,1,3,8H2/t5-,6+/m0/s1. The van der Waals surface area contributed by atoms with E-state index in [1.807, 2.05) is 0 Å². The number of hydrogen-bond donors (Lipinski definition) is 3. The van der Waals surface area contributed by atoms with Gasteiger partial charge in [0.05, 0.1) is 12.1 Å². The summed E-state index contributed by atoms with van der Waals surface area (Å²) in [7, 11) is 0. The van der Waals surface area contributed by atoms with E-state index >= 15 is 0 Å². The van der Waals surface area contributed by atoms with Gasteiger partial charge in [0.15, 0.2) is 0 Å². The highest BCUT2D eigenvalue weighted by Gasteiger charge is 2.11. The van der Waals surface area contributed by atoms with Gasteiger partial charge in [-0.15, -0.1) is 11.3 Å². The number of thiazole rings is 1. The minimum Gasteiger partial charge on any atom is -0.395 e. The molecule has 1 aromatic heterocycles. The van der Waals surface area contributed by atoms with Crippen molar-refractivity contribution in [3.63, 3.8) is 0 Å². The van der Waals surface area contributed by atoms with Crippen molar-refractivity contribution in [2.75, 3.05) is 6.61 Å². The molecule has 0 fully saturated rings. The molecule has 0 radical (unpaired) electrons. The molecule has 1 aromatic rings. The molecule has 0 saturated heterocycles. The van der Waals surface area contributed by atoms with E-state index in [1.54, 1.807) is 23.0 Å². The normalized spacial score (nSPS) is 15.9. The van der Waals surface area contributed by atoms with E-state index in [9.17, 15) is 0 Å². The molecule has 3 N–H and O–H groups in total. The van der Waals surface area contributed by atoms with Gasteiger partial charge in [-0.2, -0.15) is 12.6 Å². The molecule has 5 heteroatoms. The fourth-order valence-corrected chi connectivity index (χ4v) is 2.01. The lowest BCUT2D eigenvalue weighted by Crippen LogP contribution is -2.25. The quantitative estimate of drug-likeness (QED) is 0.637. The Morgan fingerprint density at radius 3 is 3.00 bits per heavy atom. The molecule has 0 bridgehead atoms. The highest BCUT2D eigenvalue weighted by molar-refractivity contribution is 7.80. The lowest BCUT2D eigenvalue weighted by Gasteiger charge is -2.12. The third-order valence-electron chi connectivity index (χ3n) is 1.54. The number of hydrogen-bond acceptors (Lipinski definition) is 5. The Morgan fingerprint density at radius 1 is 1.75 bits per heavy atom. The van der Waals surface area contributed by atoms with Crippen molar-refractivity contribution in [3.8, 4) is 0 Å². The molecule has 2 atom stereocenters. The van der Waals surface area contributed by atoms with Crippen LogP contribution in [0.15, 0.2) is 11.7 Å². The maximum Gasteiger partial charge on any atom is 0.0794 e. The van der Waals surface area contributed by atoms with Gasteiger partial charge in [-0.05, 0) is 6.42 Å². The van der Waals surface area contributed by atoms with Crippen molar-refractivity contribution in [1.29, 1.82) is 0 Å². The molecule has 0 aliphatic carbocycles. The average molecular weight is 204 g/mol. The molecule has 0 aliphatic rings. The molecule has 0 saturated carbocycles. The summed E-state index contributed by atoms with van der Waals surface area (Å²) in [6.07, 6.45) is 2.47. The molecule has 0 spiro atoms. The van der Waals surface area contributed by atoms with E-state index in [4.69, 9.17) is 10.8 Å². The van der Waals surface area contributed by atoms with Crippen LogP contribution in [0.1, 0.15) is 16.5 Å². The largest absolute Gasteiger partial charge is 0.395 e. The van der Waals surface area contributed by atoms with Crippen molar-refractivity contribution in [3.05, 3.63) is 16.6 Å². The minimum absolute atomic E-state index is 0.00979. The Kier molecular flexibility index (Phi) is 4.00. The highest BCUT2D eigenvalue weighted by atomic mass is 32.1. The number of nitrogens with two attached hydrogens (primary N) is 1. The first-order valence-corrected chi connectivity index (χ1v) is 5.06. The monoisotopic (exact) mass is 204 g/mol. The third kappa shape index (κ3) is 2.75. The summed E-state index contributed by atoms with van der Waals surface area (Å²) in [5.41, 5.74) is 7.33. The number of thiol groups is 1. The Bertz CT molecular complexity index is 215. The summed E-state index contributed by atoms with van der Waals surface area (Å²) in [4.78, 5) is 5.04. The second-order valence-corrected chi connectivity index (χ2v) is 4.14.